The van der Waals surface area contributed by atoms with E-state index in [0.29, 0.717) is 12.0 Å². The SMILES string of the molecule is CCOC(=O)CC(NC=O)C(=O)c1ccc(O)cc1. The number of Topliss-reactive ketones (excluding diaryl/α,β-unsaturated/α-hetero) is 1. The fraction of sp³-hybridized carbons (Fsp3) is 0.308. The Bertz CT molecular complexity index is 455. The van der Waals surface area contributed by atoms with E-state index in [0.717, 1.165) is 0 Å². The molecule has 1 unspecified atom stereocenters. The first-order valence-corrected chi connectivity index (χ1v) is 5.77. The molecule has 0 radical (unpaired) electrons. The van der Waals surface area contributed by atoms with Crippen molar-refractivity contribution in [2.24, 2.45) is 0 Å². The Morgan fingerprint density at radius 1 is 1.37 bits per heavy atom. The number of ketones is 1. The van der Waals surface area contributed by atoms with Crippen molar-refractivity contribution in [2.45, 2.75) is 19.4 Å². The van der Waals surface area contributed by atoms with Gasteiger partial charge in [-0.2, -0.15) is 0 Å². The van der Waals surface area contributed by atoms with E-state index >= 15 is 0 Å². The average Bonchev–Trinajstić information content (AvgIpc) is 2.38. The van der Waals surface area contributed by atoms with Gasteiger partial charge in [0.15, 0.2) is 5.78 Å². The number of aromatic hydroxyl groups is 1. The van der Waals surface area contributed by atoms with Gasteiger partial charge in [-0.25, -0.2) is 0 Å². The quantitative estimate of drug-likeness (QED) is 0.429. The van der Waals surface area contributed by atoms with Crippen LogP contribution in [0.1, 0.15) is 23.7 Å². The molecule has 1 amide bonds. The van der Waals surface area contributed by atoms with Crippen LogP contribution < -0.4 is 5.32 Å². The van der Waals surface area contributed by atoms with Gasteiger partial charge in [-0.1, -0.05) is 0 Å². The number of amides is 1. The van der Waals surface area contributed by atoms with Gasteiger partial charge in [0, 0.05) is 5.56 Å². The monoisotopic (exact) mass is 265 g/mol. The first-order chi connectivity index (χ1) is 9.08. The van der Waals surface area contributed by atoms with E-state index in [1.165, 1.54) is 24.3 Å². The summed E-state index contributed by atoms with van der Waals surface area (Å²) in [6.07, 6.45) is 0.133. The van der Waals surface area contributed by atoms with Crippen molar-refractivity contribution in [3.05, 3.63) is 29.8 Å². The Balaban J connectivity index is 2.80. The normalized spacial score (nSPS) is 11.4. The van der Waals surface area contributed by atoms with Gasteiger partial charge in [0.25, 0.3) is 0 Å². The zero-order valence-electron chi connectivity index (χ0n) is 10.5. The molecule has 1 atom stereocenters. The molecule has 0 aliphatic heterocycles. The molecule has 19 heavy (non-hydrogen) atoms. The maximum absolute atomic E-state index is 12.1. The summed E-state index contributed by atoms with van der Waals surface area (Å²) >= 11 is 0. The molecule has 0 heterocycles. The Hall–Kier alpha value is -2.37. The number of benzene rings is 1. The van der Waals surface area contributed by atoms with Crippen molar-refractivity contribution in [3.63, 3.8) is 0 Å². The van der Waals surface area contributed by atoms with Crippen molar-refractivity contribution in [2.75, 3.05) is 6.61 Å². The van der Waals surface area contributed by atoms with Gasteiger partial charge in [0.05, 0.1) is 13.0 Å². The molecule has 0 aliphatic carbocycles. The number of carbonyl (C=O) groups excluding carboxylic acids is 3. The zero-order valence-corrected chi connectivity index (χ0v) is 10.5. The van der Waals surface area contributed by atoms with Gasteiger partial charge in [0.2, 0.25) is 6.41 Å². The molecule has 0 saturated carbocycles. The molecule has 6 nitrogen and oxygen atoms in total. The highest BCUT2D eigenvalue weighted by Crippen LogP contribution is 2.12. The van der Waals surface area contributed by atoms with Crippen LogP contribution >= 0.6 is 0 Å². The molecule has 0 aromatic heterocycles. The van der Waals surface area contributed by atoms with Crippen molar-refractivity contribution in [3.8, 4) is 5.75 Å². The van der Waals surface area contributed by atoms with Crippen molar-refractivity contribution in [1.82, 2.24) is 5.32 Å². The largest absolute Gasteiger partial charge is 0.508 e. The van der Waals surface area contributed by atoms with E-state index < -0.39 is 17.8 Å². The third-order valence-corrected chi connectivity index (χ3v) is 2.41. The summed E-state index contributed by atoms with van der Waals surface area (Å²) in [6.45, 7) is 1.86. The molecule has 1 aromatic rings. The van der Waals surface area contributed by atoms with Gasteiger partial charge in [-0.3, -0.25) is 14.4 Å². The molecular formula is C13H15NO5. The molecule has 0 spiro atoms. The van der Waals surface area contributed by atoms with E-state index in [1.54, 1.807) is 6.92 Å². The molecule has 102 valence electrons. The van der Waals surface area contributed by atoms with Crippen LogP contribution in [0.5, 0.6) is 5.75 Å². The zero-order chi connectivity index (χ0) is 14.3. The molecule has 0 saturated heterocycles. The van der Waals surface area contributed by atoms with Crippen LogP contribution in [-0.2, 0) is 14.3 Å². The highest BCUT2D eigenvalue weighted by Gasteiger charge is 2.23. The van der Waals surface area contributed by atoms with Crippen LogP contribution in [0.2, 0.25) is 0 Å². The lowest BCUT2D eigenvalue weighted by atomic mass is 10.0. The van der Waals surface area contributed by atoms with Crippen LogP contribution in [-0.4, -0.2) is 35.9 Å². The van der Waals surface area contributed by atoms with Crippen molar-refractivity contribution >= 4 is 18.2 Å². The summed E-state index contributed by atoms with van der Waals surface area (Å²) in [5, 5.41) is 11.4. The molecular weight excluding hydrogens is 250 g/mol. The molecule has 0 aliphatic rings. The smallest absolute Gasteiger partial charge is 0.308 e. The molecule has 6 heteroatoms. The van der Waals surface area contributed by atoms with Gasteiger partial charge in [0.1, 0.15) is 11.8 Å². The van der Waals surface area contributed by atoms with E-state index in [9.17, 15) is 14.4 Å². The maximum Gasteiger partial charge on any atom is 0.308 e. The standard InChI is InChI=1S/C13H15NO5/c1-2-19-12(17)7-11(14-8-15)13(18)9-3-5-10(16)6-4-9/h3-6,8,11,16H,2,7H2,1H3,(H,14,15). The maximum atomic E-state index is 12.1. The summed E-state index contributed by atoms with van der Waals surface area (Å²) < 4.78 is 4.74. The van der Waals surface area contributed by atoms with Crippen LogP contribution in [0.4, 0.5) is 0 Å². The van der Waals surface area contributed by atoms with E-state index in [-0.39, 0.29) is 18.8 Å². The van der Waals surface area contributed by atoms with Crippen LogP contribution in [0.25, 0.3) is 0 Å². The fourth-order valence-electron chi connectivity index (χ4n) is 1.52. The lowest BCUT2D eigenvalue weighted by Crippen LogP contribution is -2.38. The topological polar surface area (TPSA) is 92.7 Å². The summed E-state index contributed by atoms with van der Waals surface area (Å²) in [5.41, 5.74) is 0.293. The Labute approximate surface area is 110 Å². The van der Waals surface area contributed by atoms with Crippen molar-refractivity contribution < 1.29 is 24.2 Å². The summed E-state index contributed by atoms with van der Waals surface area (Å²) in [6, 6.07) is 4.58. The number of ether oxygens (including phenoxy) is 1. The molecule has 0 fully saturated rings. The van der Waals surface area contributed by atoms with E-state index in [4.69, 9.17) is 9.84 Å². The van der Waals surface area contributed by atoms with E-state index in [2.05, 4.69) is 5.32 Å². The summed E-state index contributed by atoms with van der Waals surface area (Å²) in [5.74, 6) is -0.948. The second-order valence-corrected chi connectivity index (χ2v) is 3.76. The minimum atomic E-state index is -0.971. The number of esters is 1. The number of phenolic OH excluding ortho intramolecular Hbond substituents is 1. The minimum Gasteiger partial charge on any atom is -0.508 e. The van der Waals surface area contributed by atoms with Crippen LogP contribution in [0.15, 0.2) is 24.3 Å². The predicted molar refractivity (Wildman–Crippen MR) is 66.7 cm³/mol. The number of carbonyl (C=O) groups is 3. The second kappa shape index (κ2) is 7.15. The average molecular weight is 265 g/mol. The van der Waals surface area contributed by atoms with Gasteiger partial charge in [-0.15, -0.1) is 0 Å². The number of nitrogens with one attached hydrogen (secondary N) is 1. The van der Waals surface area contributed by atoms with Crippen molar-refractivity contribution in [1.29, 1.82) is 0 Å². The number of hydrogen-bond acceptors (Lipinski definition) is 5. The first kappa shape index (κ1) is 14.7. The highest BCUT2D eigenvalue weighted by molar-refractivity contribution is 6.02. The van der Waals surface area contributed by atoms with Gasteiger partial charge >= 0.3 is 5.97 Å². The van der Waals surface area contributed by atoms with Gasteiger partial charge in [-0.05, 0) is 31.2 Å². The number of phenols is 1. The van der Waals surface area contributed by atoms with Crippen LogP contribution in [0.3, 0.4) is 0 Å². The Morgan fingerprint density at radius 2 is 2.00 bits per heavy atom. The number of hydrogen-bond donors (Lipinski definition) is 2. The first-order valence-electron chi connectivity index (χ1n) is 5.77. The predicted octanol–water partition coefficient (Wildman–Crippen LogP) is 0.643. The fourth-order valence-corrected chi connectivity index (χ4v) is 1.52. The lowest BCUT2D eigenvalue weighted by molar-refractivity contribution is -0.143. The molecule has 2 N–H and O–H groups in total. The van der Waals surface area contributed by atoms with E-state index in [1.807, 2.05) is 0 Å². The second-order valence-electron chi connectivity index (χ2n) is 3.76. The summed E-state index contributed by atoms with van der Waals surface area (Å²) in [7, 11) is 0. The Morgan fingerprint density at radius 3 is 2.53 bits per heavy atom. The summed E-state index contributed by atoms with van der Waals surface area (Å²) in [4.78, 5) is 33.9. The molecule has 0 bridgehead atoms. The third-order valence-electron chi connectivity index (χ3n) is 2.41. The number of rotatable bonds is 7. The third kappa shape index (κ3) is 4.42. The van der Waals surface area contributed by atoms with Crippen LogP contribution in [0, 0.1) is 0 Å². The van der Waals surface area contributed by atoms with Gasteiger partial charge < -0.3 is 15.2 Å². The lowest BCUT2D eigenvalue weighted by Gasteiger charge is -2.14. The minimum absolute atomic E-state index is 0.0295. The Kier molecular flexibility index (Phi) is 5.53. The highest BCUT2D eigenvalue weighted by atomic mass is 16.5. The molecule has 1 aromatic carbocycles. The molecule has 1 rings (SSSR count).